The Balaban J connectivity index is 0.907. The highest BCUT2D eigenvalue weighted by Crippen LogP contribution is 2.32. The summed E-state index contributed by atoms with van der Waals surface area (Å²) in [5.41, 5.74) is -1.30. The molecule has 2 fully saturated rings. The second-order valence-electron chi connectivity index (χ2n) is 14.3. The first kappa shape index (κ1) is 40.3. The second-order valence-corrected chi connectivity index (χ2v) is 14.3. The molecule has 282 valence electrons. The number of hydrogen-bond acceptors (Lipinski definition) is 4. The third-order valence-corrected chi connectivity index (χ3v) is 10.4. The van der Waals surface area contributed by atoms with Crippen molar-refractivity contribution in [3.63, 3.8) is 0 Å². The van der Waals surface area contributed by atoms with Crippen molar-refractivity contribution in [2.75, 3.05) is 39.4 Å². The van der Waals surface area contributed by atoms with Crippen LogP contribution < -0.4 is 9.47 Å². The van der Waals surface area contributed by atoms with Crippen molar-refractivity contribution in [1.82, 2.24) is 9.80 Å². The number of rotatable bonds is 23. The van der Waals surface area contributed by atoms with Crippen LogP contribution in [0.25, 0.3) is 0 Å². The molecular weight excluding hydrogens is 654 g/mol. The zero-order valence-corrected chi connectivity index (χ0v) is 29.7. The Morgan fingerprint density at radius 2 is 0.760 bits per heavy atom. The summed E-state index contributed by atoms with van der Waals surface area (Å²) in [6, 6.07) is 10.7. The van der Waals surface area contributed by atoms with E-state index in [0.29, 0.717) is 36.8 Å². The topological polar surface area (TPSA) is 24.9 Å². The average molecular weight is 713 g/mol. The Morgan fingerprint density at radius 3 is 1.06 bits per heavy atom. The van der Waals surface area contributed by atoms with Gasteiger partial charge in [-0.25, -0.2) is 0 Å². The van der Waals surface area contributed by atoms with Crippen LogP contribution in [-0.2, 0) is 12.4 Å². The highest BCUT2D eigenvalue weighted by molar-refractivity contribution is 5.29. The lowest BCUT2D eigenvalue weighted by molar-refractivity contribution is -0.138. The van der Waals surface area contributed by atoms with Gasteiger partial charge < -0.3 is 9.47 Å². The molecule has 50 heavy (non-hydrogen) atoms. The standard InChI is InChI=1S/C40H58F6N2O2/c41-39(42,43)33-19-23-37(24-20-33)49-31-35-17-15-29-47(35)27-13-11-9-7-5-3-1-2-4-6-8-10-12-14-28-48-30-16-18-36(48)32-50-38-25-21-34(22-26-38)40(44,45)46/h19-26,35-36H,1-18,27-32H2. The molecule has 2 aromatic carbocycles. The Hall–Kier alpha value is -2.46. The van der Waals surface area contributed by atoms with E-state index in [1.54, 1.807) is 0 Å². The molecule has 0 aliphatic carbocycles. The number of unbranched alkanes of at least 4 members (excludes halogenated alkanes) is 13. The number of alkyl halides is 6. The van der Waals surface area contributed by atoms with Crippen molar-refractivity contribution in [1.29, 1.82) is 0 Å². The second kappa shape index (κ2) is 21.2. The van der Waals surface area contributed by atoms with Crippen LogP contribution >= 0.6 is 0 Å². The summed E-state index contributed by atoms with van der Waals surface area (Å²) in [5.74, 6) is 0.996. The highest BCUT2D eigenvalue weighted by atomic mass is 19.4. The Bertz CT molecular complexity index is 1090. The van der Waals surface area contributed by atoms with Crippen LogP contribution in [0, 0.1) is 0 Å². The van der Waals surface area contributed by atoms with Gasteiger partial charge in [0.2, 0.25) is 0 Å². The van der Waals surface area contributed by atoms with E-state index in [9.17, 15) is 26.3 Å². The maximum absolute atomic E-state index is 12.8. The summed E-state index contributed by atoms with van der Waals surface area (Å²) in [5, 5.41) is 0. The maximum atomic E-state index is 12.8. The molecule has 0 saturated carbocycles. The molecule has 2 aliphatic rings. The van der Waals surface area contributed by atoms with Gasteiger partial charge >= 0.3 is 12.4 Å². The lowest BCUT2D eigenvalue weighted by atomic mass is 10.0. The van der Waals surface area contributed by atoms with E-state index in [-0.39, 0.29) is 0 Å². The van der Waals surface area contributed by atoms with E-state index in [2.05, 4.69) is 9.80 Å². The van der Waals surface area contributed by atoms with Crippen molar-refractivity contribution in [2.45, 2.75) is 140 Å². The summed E-state index contributed by atoms with van der Waals surface area (Å²) in [6.45, 7) is 5.36. The van der Waals surface area contributed by atoms with Crippen LogP contribution in [-0.4, -0.2) is 61.3 Å². The molecule has 0 N–H and O–H groups in total. The van der Waals surface area contributed by atoms with E-state index in [4.69, 9.17) is 9.47 Å². The predicted molar refractivity (Wildman–Crippen MR) is 188 cm³/mol. The zero-order valence-electron chi connectivity index (χ0n) is 29.7. The fourth-order valence-corrected chi connectivity index (χ4v) is 7.37. The molecule has 2 aromatic rings. The molecule has 2 atom stereocenters. The van der Waals surface area contributed by atoms with E-state index in [1.807, 2.05) is 0 Å². The lowest BCUT2D eigenvalue weighted by Gasteiger charge is -2.24. The van der Waals surface area contributed by atoms with Gasteiger partial charge in [-0.05, 0) is 113 Å². The molecule has 10 heteroatoms. The van der Waals surface area contributed by atoms with Crippen molar-refractivity contribution >= 4 is 0 Å². The maximum Gasteiger partial charge on any atom is 0.416 e. The summed E-state index contributed by atoms with van der Waals surface area (Å²) in [7, 11) is 0. The van der Waals surface area contributed by atoms with Crippen molar-refractivity contribution in [2.24, 2.45) is 0 Å². The molecule has 0 aromatic heterocycles. The van der Waals surface area contributed by atoms with Gasteiger partial charge in [0.15, 0.2) is 0 Å². The minimum atomic E-state index is -4.32. The minimum absolute atomic E-state index is 0.346. The van der Waals surface area contributed by atoms with Crippen LogP contribution in [0.2, 0.25) is 0 Å². The summed E-state index contributed by atoms with van der Waals surface area (Å²) < 4.78 is 88.3. The smallest absolute Gasteiger partial charge is 0.416 e. The number of hydrogen-bond donors (Lipinski definition) is 0. The third kappa shape index (κ3) is 14.6. The molecule has 2 heterocycles. The first-order valence-corrected chi connectivity index (χ1v) is 19.2. The molecule has 0 bridgehead atoms. The molecule has 2 aliphatic heterocycles. The predicted octanol–water partition coefficient (Wildman–Crippen LogP) is 11.6. The van der Waals surface area contributed by atoms with E-state index < -0.39 is 23.5 Å². The van der Waals surface area contributed by atoms with Gasteiger partial charge in [0, 0.05) is 12.1 Å². The molecule has 0 spiro atoms. The quantitative estimate of drug-likeness (QED) is 0.0846. The van der Waals surface area contributed by atoms with Crippen LogP contribution in [0.1, 0.15) is 127 Å². The van der Waals surface area contributed by atoms with E-state index in [0.717, 1.165) is 76.1 Å². The molecule has 2 unspecified atom stereocenters. The first-order chi connectivity index (χ1) is 24.1. The van der Waals surface area contributed by atoms with Crippen LogP contribution in [0.4, 0.5) is 26.3 Å². The number of halogens is 6. The fourth-order valence-electron chi connectivity index (χ4n) is 7.37. The largest absolute Gasteiger partial charge is 0.492 e. The molecule has 4 nitrogen and oxygen atoms in total. The van der Waals surface area contributed by atoms with Crippen molar-refractivity contribution in [3.05, 3.63) is 59.7 Å². The fraction of sp³-hybridized carbons (Fsp3) is 0.700. The number of ether oxygens (including phenoxy) is 2. The highest BCUT2D eigenvalue weighted by Gasteiger charge is 2.31. The van der Waals surface area contributed by atoms with E-state index in [1.165, 1.54) is 114 Å². The molecule has 4 rings (SSSR count). The molecule has 2 saturated heterocycles. The molecule has 0 radical (unpaired) electrons. The van der Waals surface area contributed by atoms with Crippen LogP contribution in [0.3, 0.4) is 0 Å². The van der Waals surface area contributed by atoms with Crippen molar-refractivity contribution < 1.29 is 35.8 Å². The Kier molecular flexibility index (Phi) is 17.1. The van der Waals surface area contributed by atoms with Gasteiger partial charge in [0.25, 0.3) is 0 Å². The van der Waals surface area contributed by atoms with Gasteiger partial charge in [-0.1, -0.05) is 77.0 Å². The normalized spacial score (nSPS) is 19.0. The molecular formula is C40H58F6N2O2. The first-order valence-electron chi connectivity index (χ1n) is 19.2. The Morgan fingerprint density at radius 1 is 0.460 bits per heavy atom. The third-order valence-electron chi connectivity index (χ3n) is 10.4. The molecule has 0 amide bonds. The van der Waals surface area contributed by atoms with Gasteiger partial charge in [-0.15, -0.1) is 0 Å². The average Bonchev–Trinajstić information content (AvgIpc) is 3.74. The van der Waals surface area contributed by atoms with Crippen LogP contribution in [0.15, 0.2) is 48.5 Å². The lowest BCUT2D eigenvalue weighted by Crippen LogP contribution is -2.34. The Labute approximate surface area is 295 Å². The van der Waals surface area contributed by atoms with Gasteiger partial charge in [0.1, 0.15) is 24.7 Å². The number of likely N-dealkylation sites (tertiary alicyclic amines) is 2. The summed E-state index contributed by atoms with van der Waals surface area (Å²) in [6.07, 6.45) is 13.8. The van der Waals surface area contributed by atoms with Gasteiger partial charge in [0.05, 0.1) is 11.1 Å². The minimum Gasteiger partial charge on any atom is -0.492 e. The number of nitrogens with zero attached hydrogens (tertiary/aromatic N) is 2. The SMILES string of the molecule is FC(F)(F)c1ccc(OCC2CCCN2CCCCCCCCCCCCCCCCN2CCCC2COc2ccc(C(F)(F)F)cc2)cc1. The van der Waals surface area contributed by atoms with Gasteiger partial charge in [-0.3, -0.25) is 9.80 Å². The zero-order chi connectivity index (χ0) is 35.7. The van der Waals surface area contributed by atoms with Crippen molar-refractivity contribution in [3.8, 4) is 11.5 Å². The summed E-state index contributed by atoms with van der Waals surface area (Å²) >= 11 is 0. The monoisotopic (exact) mass is 712 g/mol. The summed E-state index contributed by atoms with van der Waals surface area (Å²) in [4.78, 5) is 4.98. The number of benzene rings is 2. The van der Waals surface area contributed by atoms with Crippen LogP contribution in [0.5, 0.6) is 11.5 Å². The van der Waals surface area contributed by atoms with Gasteiger partial charge in [-0.2, -0.15) is 26.3 Å². The van der Waals surface area contributed by atoms with E-state index >= 15 is 0 Å².